The summed E-state index contributed by atoms with van der Waals surface area (Å²) in [7, 11) is 0. The van der Waals surface area contributed by atoms with Gasteiger partial charge < -0.3 is 0 Å². The first-order valence-electron chi connectivity index (χ1n) is 7.59. The molecule has 1 fully saturated rings. The summed E-state index contributed by atoms with van der Waals surface area (Å²) in [6.07, 6.45) is 0.834. The molecule has 1 aromatic rings. The molecular weight excluding hydrogens is 261 g/mol. The maximum atomic E-state index is 13.1. The van der Waals surface area contributed by atoms with E-state index in [0.29, 0.717) is 17.4 Å². The molecule has 0 saturated heterocycles. The summed E-state index contributed by atoms with van der Waals surface area (Å²) in [6.45, 7) is 4.45. The molecule has 112 valence electrons. The molecule has 20 heavy (non-hydrogen) atoms. The van der Waals surface area contributed by atoms with Gasteiger partial charge in [0.1, 0.15) is 0 Å². The Labute approximate surface area is 119 Å². The Balaban J connectivity index is 2.12. The van der Waals surface area contributed by atoms with Gasteiger partial charge in [-0.15, -0.1) is 0 Å². The number of benzene rings is 1. The molecule has 0 amide bonds. The van der Waals surface area contributed by atoms with Crippen molar-refractivity contribution in [1.29, 1.82) is 0 Å². The van der Waals surface area contributed by atoms with E-state index in [2.05, 4.69) is 13.8 Å². The summed E-state index contributed by atoms with van der Waals surface area (Å²) in [5.74, 6) is 1.45. The van der Waals surface area contributed by atoms with Gasteiger partial charge >= 0.3 is 6.18 Å². The molecule has 1 saturated carbocycles. The molecule has 1 aliphatic rings. The third kappa shape index (κ3) is 3.36. The first-order chi connectivity index (χ1) is 9.43. The molecule has 0 spiro atoms. The molecule has 1 aromatic carbocycles. The van der Waals surface area contributed by atoms with Crippen molar-refractivity contribution in [3.63, 3.8) is 0 Å². The van der Waals surface area contributed by atoms with E-state index in [4.69, 9.17) is 0 Å². The van der Waals surface area contributed by atoms with E-state index >= 15 is 0 Å². The summed E-state index contributed by atoms with van der Waals surface area (Å²) in [5, 5.41) is 0. The highest BCUT2D eigenvalue weighted by atomic mass is 19.4. The van der Waals surface area contributed by atoms with Crippen molar-refractivity contribution in [2.24, 2.45) is 11.8 Å². The zero-order chi connectivity index (χ0) is 14.8. The number of halogens is 3. The van der Waals surface area contributed by atoms with Crippen LogP contribution in [0, 0.1) is 11.8 Å². The van der Waals surface area contributed by atoms with E-state index in [0.717, 1.165) is 32.1 Å². The van der Waals surface area contributed by atoms with Gasteiger partial charge in [-0.05, 0) is 55.1 Å². The zero-order valence-electron chi connectivity index (χ0n) is 12.2. The summed E-state index contributed by atoms with van der Waals surface area (Å²) < 4.78 is 39.2. The van der Waals surface area contributed by atoms with E-state index in [-0.39, 0.29) is 5.92 Å². The molecule has 0 radical (unpaired) electrons. The van der Waals surface area contributed by atoms with Gasteiger partial charge in [0.2, 0.25) is 0 Å². The monoisotopic (exact) mass is 284 g/mol. The van der Waals surface area contributed by atoms with Crippen molar-refractivity contribution in [1.82, 2.24) is 0 Å². The second kappa shape index (κ2) is 6.19. The quantitative estimate of drug-likeness (QED) is 0.636. The number of hydrogen-bond acceptors (Lipinski definition) is 0. The van der Waals surface area contributed by atoms with E-state index in [9.17, 15) is 13.2 Å². The average molecular weight is 284 g/mol. The van der Waals surface area contributed by atoms with Crippen molar-refractivity contribution in [3.05, 3.63) is 35.4 Å². The molecule has 1 unspecified atom stereocenters. The Morgan fingerprint density at radius 2 is 1.70 bits per heavy atom. The second-order valence-corrected chi connectivity index (χ2v) is 6.08. The van der Waals surface area contributed by atoms with Crippen molar-refractivity contribution >= 4 is 0 Å². The predicted molar refractivity (Wildman–Crippen MR) is 75.6 cm³/mol. The lowest BCUT2D eigenvalue weighted by Gasteiger charge is -2.33. The van der Waals surface area contributed by atoms with E-state index in [1.165, 1.54) is 12.1 Å². The fourth-order valence-electron chi connectivity index (χ4n) is 3.44. The minimum Gasteiger partial charge on any atom is -0.166 e. The molecule has 1 atom stereocenters. The summed E-state index contributed by atoms with van der Waals surface area (Å²) in [4.78, 5) is 0. The van der Waals surface area contributed by atoms with E-state index in [1.54, 1.807) is 12.1 Å². The lowest BCUT2D eigenvalue weighted by atomic mass is 9.73. The highest BCUT2D eigenvalue weighted by molar-refractivity contribution is 5.33. The second-order valence-electron chi connectivity index (χ2n) is 6.08. The molecule has 0 heterocycles. The van der Waals surface area contributed by atoms with Crippen LogP contribution in [0.3, 0.4) is 0 Å². The van der Waals surface area contributed by atoms with Gasteiger partial charge in [0, 0.05) is 0 Å². The Bertz CT molecular complexity index is 428. The van der Waals surface area contributed by atoms with Crippen LogP contribution < -0.4 is 0 Å². The fourth-order valence-corrected chi connectivity index (χ4v) is 3.44. The molecule has 2 rings (SSSR count). The zero-order valence-corrected chi connectivity index (χ0v) is 12.2. The Morgan fingerprint density at radius 3 is 2.25 bits per heavy atom. The highest BCUT2D eigenvalue weighted by Crippen LogP contribution is 2.43. The van der Waals surface area contributed by atoms with Gasteiger partial charge in [-0.2, -0.15) is 13.2 Å². The van der Waals surface area contributed by atoms with Gasteiger partial charge in [0.15, 0.2) is 0 Å². The summed E-state index contributed by atoms with van der Waals surface area (Å²) >= 11 is 0. The maximum absolute atomic E-state index is 13.1. The van der Waals surface area contributed by atoms with Crippen LogP contribution >= 0.6 is 0 Å². The minimum absolute atomic E-state index is 0.0770. The van der Waals surface area contributed by atoms with Crippen molar-refractivity contribution in [2.45, 2.75) is 58.0 Å². The lowest BCUT2D eigenvalue weighted by Crippen LogP contribution is -2.21. The smallest absolute Gasteiger partial charge is 0.166 e. The molecule has 0 bridgehead atoms. The summed E-state index contributed by atoms with van der Waals surface area (Å²) in [6, 6.07) is 6.09. The van der Waals surface area contributed by atoms with Crippen LogP contribution in [0.4, 0.5) is 13.2 Å². The van der Waals surface area contributed by atoms with Gasteiger partial charge in [-0.1, -0.05) is 38.5 Å². The Kier molecular flexibility index (Phi) is 4.77. The van der Waals surface area contributed by atoms with Crippen LogP contribution in [0.1, 0.15) is 63.0 Å². The third-order valence-corrected chi connectivity index (χ3v) is 4.93. The van der Waals surface area contributed by atoms with Crippen LogP contribution in [-0.4, -0.2) is 0 Å². The fraction of sp³-hybridized carbons (Fsp3) is 0.647. The lowest BCUT2D eigenvalue weighted by molar-refractivity contribution is -0.138. The molecule has 3 heteroatoms. The first kappa shape index (κ1) is 15.4. The minimum atomic E-state index is -4.23. The molecule has 0 nitrogen and oxygen atoms in total. The number of rotatable bonds is 3. The Morgan fingerprint density at radius 1 is 1.10 bits per heavy atom. The average Bonchev–Trinajstić information content (AvgIpc) is 2.46. The number of alkyl halides is 3. The Hall–Kier alpha value is -0.990. The van der Waals surface area contributed by atoms with Crippen molar-refractivity contribution < 1.29 is 13.2 Å². The molecule has 0 aliphatic heterocycles. The van der Waals surface area contributed by atoms with E-state index < -0.39 is 11.7 Å². The molecule has 1 aliphatic carbocycles. The number of hydrogen-bond donors (Lipinski definition) is 0. The van der Waals surface area contributed by atoms with Crippen LogP contribution in [0.25, 0.3) is 0 Å². The van der Waals surface area contributed by atoms with Crippen LogP contribution in [0.2, 0.25) is 0 Å². The van der Waals surface area contributed by atoms with Crippen molar-refractivity contribution in [3.8, 4) is 0 Å². The SMILES string of the molecule is CCC(C)C1CCC(c2ccccc2C(F)(F)F)CC1. The van der Waals surface area contributed by atoms with Crippen LogP contribution in [-0.2, 0) is 6.18 Å². The normalized spacial score (nSPS) is 25.4. The maximum Gasteiger partial charge on any atom is 0.416 e. The predicted octanol–water partition coefficient (Wildman–Crippen LogP) is 6.03. The van der Waals surface area contributed by atoms with Gasteiger partial charge in [0.25, 0.3) is 0 Å². The van der Waals surface area contributed by atoms with E-state index in [1.807, 2.05) is 0 Å². The highest BCUT2D eigenvalue weighted by Gasteiger charge is 2.36. The topological polar surface area (TPSA) is 0 Å². The van der Waals surface area contributed by atoms with Gasteiger partial charge in [-0.3, -0.25) is 0 Å². The summed E-state index contributed by atoms with van der Waals surface area (Å²) in [5.41, 5.74) is 0.0644. The molecule has 0 aromatic heterocycles. The third-order valence-electron chi connectivity index (χ3n) is 4.93. The molecular formula is C17H23F3. The molecule has 0 N–H and O–H groups in total. The van der Waals surface area contributed by atoms with Crippen molar-refractivity contribution in [2.75, 3.05) is 0 Å². The largest absolute Gasteiger partial charge is 0.416 e. The van der Waals surface area contributed by atoms with Crippen LogP contribution in [0.15, 0.2) is 24.3 Å². The standard InChI is InChI=1S/C17H23F3/c1-3-12(2)13-8-10-14(11-9-13)15-6-4-5-7-16(15)17(18,19)20/h4-7,12-14H,3,8-11H2,1-2H3. The van der Waals surface area contributed by atoms with Gasteiger partial charge in [-0.25, -0.2) is 0 Å². The van der Waals surface area contributed by atoms with Crippen LogP contribution in [0.5, 0.6) is 0 Å². The van der Waals surface area contributed by atoms with Gasteiger partial charge in [0.05, 0.1) is 5.56 Å². The first-order valence-corrected chi connectivity index (χ1v) is 7.59.